The molecule has 0 radical (unpaired) electrons. The van der Waals surface area contributed by atoms with Gasteiger partial charge in [0, 0.05) is 44.8 Å². The maximum atomic E-state index is 12.4. The Morgan fingerprint density at radius 1 is 1.06 bits per heavy atom. The molecular weight excluding hydrogens is 448 g/mol. The Morgan fingerprint density at radius 3 is 2.36 bits per heavy atom. The number of piperazine rings is 1. The van der Waals surface area contributed by atoms with Gasteiger partial charge in [-0.15, -0.1) is 0 Å². The lowest BCUT2D eigenvalue weighted by Gasteiger charge is -2.26. The van der Waals surface area contributed by atoms with Crippen LogP contribution < -0.4 is 20.1 Å². The highest BCUT2D eigenvalue weighted by atomic mass is 32.2. The molecule has 4 N–H and O–H groups in total. The summed E-state index contributed by atoms with van der Waals surface area (Å²) in [5.74, 6) is -1.30. The van der Waals surface area contributed by atoms with E-state index >= 15 is 0 Å². The third-order valence-corrected chi connectivity index (χ3v) is 6.61. The van der Waals surface area contributed by atoms with Gasteiger partial charge in [-0.25, -0.2) is 8.42 Å². The smallest absolute Gasteiger partial charge is 0.323 e. The van der Waals surface area contributed by atoms with Gasteiger partial charge in [-0.2, -0.15) is 4.72 Å². The van der Waals surface area contributed by atoms with Gasteiger partial charge >= 0.3 is 5.97 Å². The summed E-state index contributed by atoms with van der Waals surface area (Å²) in [6.07, 6.45) is 0. The molecule has 1 fully saturated rings. The van der Waals surface area contributed by atoms with Crippen LogP contribution in [0.5, 0.6) is 5.75 Å². The molecule has 1 aliphatic rings. The van der Waals surface area contributed by atoms with Gasteiger partial charge < -0.3 is 20.5 Å². The summed E-state index contributed by atoms with van der Waals surface area (Å²) in [6, 6.07) is 12.4. The first kappa shape index (κ1) is 24.6. The van der Waals surface area contributed by atoms with Crippen molar-refractivity contribution in [2.75, 3.05) is 45.9 Å². The molecule has 0 aliphatic carbocycles. The number of carboxylic acid groups (broad SMARTS) is 1. The molecule has 0 saturated carbocycles. The summed E-state index contributed by atoms with van der Waals surface area (Å²) >= 11 is 0. The van der Waals surface area contributed by atoms with Crippen molar-refractivity contribution in [1.29, 1.82) is 0 Å². The first-order valence-corrected chi connectivity index (χ1v) is 12.1. The van der Waals surface area contributed by atoms with Gasteiger partial charge in [0.25, 0.3) is 5.91 Å². The van der Waals surface area contributed by atoms with Crippen LogP contribution in [0.1, 0.15) is 10.4 Å². The molecular formula is C22H28N4O6S. The molecule has 3 rings (SSSR count). The zero-order valence-corrected chi connectivity index (χ0v) is 18.9. The van der Waals surface area contributed by atoms with Crippen LogP contribution in [0.15, 0.2) is 59.5 Å². The lowest BCUT2D eigenvalue weighted by Crippen LogP contribution is -2.48. The van der Waals surface area contributed by atoms with Crippen molar-refractivity contribution in [2.24, 2.45) is 0 Å². The quantitative estimate of drug-likeness (QED) is 0.359. The summed E-state index contributed by atoms with van der Waals surface area (Å²) < 4.78 is 32.6. The molecule has 0 bridgehead atoms. The Labute approximate surface area is 193 Å². The average molecular weight is 477 g/mol. The number of carbonyl (C=O) groups excluding carboxylic acids is 1. The van der Waals surface area contributed by atoms with E-state index in [-0.39, 0.29) is 4.90 Å². The van der Waals surface area contributed by atoms with Gasteiger partial charge in [-0.3, -0.25) is 14.5 Å². The van der Waals surface area contributed by atoms with E-state index in [0.29, 0.717) is 17.9 Å². The Kier molecular flexibility index (Phi) is 8.78. The van der Waals surface area contributed by atoms with Crippen molar-refractivity contribution in [3.8, 4) is 5.75 Å². The molecule has 0 spiro atoms. The Bertz CT molecular complexity index is 1020. The Morgan fingerprint density at radius 2 is 1.73 bits per heavy atom. The third-order valence-electron chi connectivity index (χ3n) is 5.12. The van der Waals surface area contributed by atoms with E-state index in [1.165, 1.54) is 24.3 Å². The first-order chi connectivity index (χ1) is 15.8. The zero-order valence-electron chi connectivity index (χ0n) is 18.1. The fourth-order valence-electron chi connectivity index (χ4n) is 3.26. The highest BCUT2D eigenvalue weighted by Crippen LogP contribution is 2.13. The van der Waals surface area contributed by atoms with Crippen molar-refractivity contribution < 1.29 is 27.9 Å². The maximum Gasteiger partial charge on any atom is 0.323 e. The number of nitrogens with one attached hydrogen (secondary N) is 3. The second-order valence-corrected chi connectivity index (χ2v) is 9.21. The van der Waals surface area contributed by atoms with Gasteiger partial charge in [0.05, 0.1) is 4.90 Å². The van der Waals surface area contributed by atoms with Crippen LogP contribution in [0.3, 0.4) is 0 Å². The van der Waals surface area contributed by atoms with E-state index in [4.69, 9.17) is 4.74 Å². The van der Waals surface area contributed by atoms with Gasteiger partial charge in [0.1, 0.15) is 18.4 Å². The number of sulfonamides is 1. The number of aliphatic carboxylic acids is 1. The summed E-state index contributed by atoms with van der Waals surface area (Å²) in [6.45, 7) is 4.86. The van der Waals surface area contributed by atoms with E-state index in [1.807, 2.05) is 0 Å². The van der Waals surface area contributed by atoms with Crippen molar-refractivity contribution in [2.45, 2.75) is 10.9 Å². The number of hydrogen-bond donors (Lipinski definition) is 4. The molecule has 178 valence electrons. The summed E-state index contributed by atoms with van der Waals surface area (Å²) in [5, 5.41) is 15.1. The van der Waals surface area contributed by atoms with E-state index < -0.39 is 34.5 Å². The molecule has 1 atom stereocenters. The molecule has 11 heteroatoms. The van der Waals surface area contributed by atoms with E-state index in [9.17, 15) is 23.1 Å². The van der Waals surface area contributed by atoms with Gasteiger partial charge in [0.15, 0.2) is 0 Å². The fraction of sp³-hybridized carbons (Fsp3) is 0.364. The Balaban J connectivity index is 1.49. The molecule has 1 amide bonds. The van der Waals surface area contributed by atoms with E-state index in [0.717, 1.165) is 32.7 Å². The van der Waals surface area contributed by atoms with E-state index in [1.54, 1.807) is 30.3 Å². The molecule has 1 aliphatic heterocycles. The minimum absolute atomic E-state index is 0.0601. The molecule has 1 saturated heterocycles. The number of carbonyl (C=O) groups is 2. The largest absolute Gasteiger partial charge is 0.492 e. The molecule has 0 aromatic heterocycles. The minimum Gasteiger partial charge on any atom is -0.492 e. The molecule has 1 unspecified atom stereocenters. The van der Waals surface area contributed by atoms with Crippen molar-refractivity contribution in [3.05, 3.63) is 60.2 Å². The van der Waals surface area contributed by atoms with Crippen LogP contribution in [0, 0.1) is 0 Å². The normalized spacial score (nSPS) is 15.5. The van der Waals surface area contributed by atoms with E-state index in [2.05, 4.69) is 20.3 Å². The summed E-state index contributed by atoms with van der Waals surface area (Å²) in [7, 11) is -4.05. The zero-order chi connectivity index (χ0) is 23.7. The lowest BCUT2D eigenvalue weighted by atomic mass is 10.2. The van der Waals surface area contributed by atoms with Crippen LogP contribution in [-0.2, 0) is 14.8 Å². The SMILES string of the molecule is O=C(NCC(NS(=O)(=O)c1ccccc1)C(=O)O)c1ccc(OCCN2CCNCC2)cc1. The number of rotatable bonds is 11. The number of amides is 1. The number of ether oxygens (including phenoxy) is 1. The van der Waals surface area contributed by atoms with Crippen LogP contribution >= 0.6 is 0 Å². The predicted octanol–water partition coefficient (Wildman–Crippen LogP) is 0.132. The number of hydrogen-bond acceptors (Lipinski definition) is 7. The second-order valence-electron chi connectivity index (χ2n) is 7.50. The first-order valence-electron chi connectivity index (χ1n) is 10.6. The van der Waals surface area contributed by atoms with Gasteiger partial charge in [-0.05, 0) is 36.4 Å². The van der Waals surface area contributed by atoms with Gasteiger partial charge in [-0.1, -0.05) is 18.2 Å². The predicted molar refractivity (Wildman–Crippen MR) is 122 cm³/mol. The standard InChI is InChI=1S/C22H28N4O6S/c27-21(17-6-8-18(9-7-17)32-15-14-26-12-10-23-11-13-26)24-16-20(22(28)29)25-33(30,31)19-4-2-1-3-5-19/h1-9,20,23,25H,10-16H2,(H,24,27)(H,28,29). The highest BCUT2D eigenvalue weighted by molar-refractivity contribution is 7.89. The van der Waals surface area contributed by atoms with Crippen LogP contribution in [0.25, 0.3) is 0 Å². The van der Waals surface area contributed by atoms with Gasteiger partial charge in [0.2, 0.25) is 10.0 Å². The van der Waals surface area contributed by atoms with Crippen molar-refractivity contribution in [1.82, 2.24) is 20.3 Å². The topological polar surface area (TPSA) is 137 Å². The number of carboxylic acids is 1. The monoisotopic (exact) mass is 476 g/mol. The summed E-state index contributed by atoms with van der Waals surface area (Å²) in [4.78, 5) is 26.2. The third kappa shape index (κ3) is 7.53. The molecule has 33 heavy (non-hydrogen) atoms. The average Bonchev–Trinajstić information content (AvgIpc) is 2.83. The molecule has 2 aromatic carbocycles. The fourth-order valence-corrected chi connectivity index (χ4v) is 4.47. The number of nitrogens with zero attached hydrogens (tertiary/aromatic N) is 1. The second kappa shape index (κ2) is 11.8. The Hall–Kier alpha value is -2.99. The van der Waals surface area contributed by atoms with Crippen molar-refractivity contribution >= 4 is 21.9 Å². The number of benzene rings is 2. The molecule has 2 aromatic rings. The maximum absolute atomic E-state index is 12.4. The minimum atomic E-state index is -4.05. The highest BCUT2D eigenvalue weighted by Gasteiger charge is 2.26. The summed E-state index contributed by atoms with van der Waals surface area (Å²) in [5.41, 5.74) is 0.305. The van der Waals surface area contributed by atoms with Crippen LogP contribution in [-0.4, -0.2) is 82.2 Å². The van der Waals surface area contributed by atoms with Crippen molar-refractivity contribution in [3.63, 3.8) is 0 Å². The lowest BCUT2D eigenvalue weighted by molar-refractivity contribution is -0.138. The van der Waals surface area contributed by atoms with Crippen LogP contribution in [0.4, 0.5) is 0 Å². The van der Waals surface area contributed by atoms with Crippen LogP contribution in [0.2, 0.25) is 0 Å². The molecule has 1 heterocycles. The molecule has 10 nitrogen and oxygen atoms in total.